The molecule has 0 aromatic rings. The van der Waals surface area contributed by atoms with Crippen molar-refractivity contribution >= 4 is 12.2 Å². The highest BCUT2D eigenvalue weighted by molar-refractivity contribution is 5.83. The molecule has 1 aliphatic rings. The van der Waals surface area contributed by atoms with Crippen LogP contribution < -0.4 is 11.5 Å². The Labute approximate surface area is 50.6 Å². The maximum Gasteiger partial charge on any atom is 0.281 e. The lowest BCUT2D eigenvalue weighted by Crippen LogP contribution is -2.35. The van der Waals surface area contributed by atoms with Crippen LogP contribution in [0.5, 0.6) is 0 Å². The van der Waals surface area contributed by atoms with E-state index in [1.165, 1.54) is 0 Å². The highest BCUT2D eigenvalue weighted by Crippen LogP contribution is 2.07. The summed E-state index contributed by atoms with van der Waals surface area (Å²) in [6.07, 6.45) is 0.371. The Bertz CT molecular complexity index is 196. The minimum absolute atomic E-state index is 0.0652. The monoisotopic (exact) mass is 127 g/mol. The number of carbonyl (C=O) groups is 1. The molecule has 0 radical (unpaired) electrons. The van der Waals surface area contributed by atoms with E-state index in [0.717, 1.165) is 0 Å². The average Bonchev–Trinajstić information content (AvgIpc) is 2.13. The van der Waals surface area contributed by atoms with E-state index in [2.05, 4.69) is 15.2 Å². The van der Waals surface area contributed by atoms with Crippen molar-refractivity contribution in [2.75, 3.05) is 0 Å². The lowest BCUT2D eigenvalue weighted by Gasteiger charge is -2.01. The van der Waals surface area contributed by atoms with Gasteiger partial charge in [0.2, 0.25) is 5.96 Å². The molecule has 0 bridgehead atoms. The zero-order valence-electron chi connectivity index (χ0n) is 4.48. The molecular weight excluding hydrogens is 122 g/mol. The first-order valence-corrected chi connectivity index (χ1v) is 2.20. The molecule has 4 N–H and O–H groups in total. The second-order valence-corrected chi connectivity index (χ2v) is 1.57. The smallest absolute Gasteiger partial charge is 0.281 e. The van der Waals surface area contributed by atoms with Crippen molar-refractivity contribution in [1.82, 2.24) is 0 Å². The summed E-state index contributed by atoms with van der Waals surface area (Å²) in [6, 6.07) is 0. The molecule has 1 rings (SSSR count). The normalized spacial score (nSPS) is 32.3. The average molecular weight is 127 g/mol. The first kappa shape index (κ1) is 5.83. The van der Waals surface area contributed by atoms with Crippen LogP contribution in [0.15, 0.2) is 15.2 Å². The summed E-state index contributed by atoms with van der Waals surface area (Å²) >= 11 is 0. The van der Waals surface area contributed by atoms with Crippen LogP contribution >= 0.6 is 0 Å². The van der Waals surface area contributed by atoms with Crippen LogP contribution in [0.25, 0.3) is 0 Å². The summed E-state index contributed by atoms with van der Waals surface area (Å²) in [6.45, 7) is 0. The molecule has 1 aliphatic heterocycles. The zero-order chi connectivity index (χ0) is 6.91. The van der Waals surface area contributed by atoms with E-state index in [1.54, 1.807) is 0 Å². The van der Waals surface area contributed by atoms with E-state index < -0.39 is 5.79 Å². The second kappa shape index (κ2) is 1.59. The number of rotatable bonds is 1. The van der Waals surface area contributed by atoms with E-state index >= 15 is 0 Å². The number of carbonyl (C=O) groups excluding carboxylic acids is 1. The van der Waals surface area contributed by atoms with Gasteiger partial charge in [-0.15, -0.1) is 10.2 Å². The molecule has 9 heavy (non-hydrogen) atoms. The molecule has 6 heteroatoms. The number of nitrogens with two attached hydrogens (primary N) is 2. The van der Waals surface area contributed by atoms with Crippen molar-refractivity contribution in [3.63, 3.8) is 0 Å². The summed E-state index contributed by atoms with van der Waals surface area (Å²) in [5.41, 5.74) is 10.2. The fourth-order valence-electron chi connectivity index (χ4n) is 0.409. The molecule has 48 valence electrons. The van der Waals surface area contributed by atoms with Crippen LogP contribution in [0.3, 0.4) is 0 Å². The first-order chi connectivity index (χ1) is 4.16. The van der Waals surface area contributed by atoms with Gasteiger partial charge in [0.05, 0.1) is 0 Å². The number of aliphatic imine (C=N–C) groups is 1. The van der Waals surface area contributed by atoms with Crippen LogP contribution in [0, 0.1) is 0 Å². The fourth-order valence-corrected chi connectivity index (χ4v) is 0.409. The van der Waals surface area contributed by atoms with Gasteiger partial charge in [0, 0.05) is 0 Å². The Morgan fingerprint density at radius 1 is 1.67 bits per heavy atom. The van der Waals surface area contributed by atoms with E-state index in [0.29, 0.717) is 6.29 Å². The Morgan fingerprint density at radius 3 is 2.56 bits per heavy atom. The third-order valence-corrected chi connectivity index (χ3v) is 0.780. The molecular formula is C3H5N5O. The molecule has 1 heterocycles. The van der Waals surface area contributed by atoms with Gasteiger partial charge in [0.25, 0.3) is 5.79 Å². The van der Waals surface area contributed by atoms with E-state index in [9.17, 15) is 4.79 Å². The van der Waals surface area contributed by atoms with Gasteiger partial charge in [-0.3, -0.25) is 10.5 Å². The zero-order valence-corrected chi connectivity index (χ0v) is 4.48. The van der Waals surface area contributed by atoms with Crippen LogP contribution in [0.4, 0.5) is 0 Å². The van der Waals surface area contributed by atoms with Crippen molar-refractivity contribution in [3.05, 3.63) is 0 Å². The van der Waals surface area contributed by atoms with Gasteiger partial charge >= 0.3 is 0 Å². The molecule has 0 aromatic carbocycles. The Kier molecular flexibility index (Phi) is 1.03. The maximum atomic E-state index is 10.0. The van der Waals surface area contributed by atoms with Crippen molar-refractivity contribution in [3.8, 4) is 0 Å². The summed E-state index contributed by atoms with van der Waals surface area (Å²) in [5, 5.41) is 6.53. The molecule has 0 amide bonds. The molecule has 6 nitrogen and oxygen atoms in total. The SMILES string of the molecule is NC1=NC(N)(C=O)N=N1. The highest BCUT2D eigenvalue weighted by atomic mass is 16.1. The van der Waals surface area contributed by atoms with Crippen molar-refractivity contribution in [1.29, 1.82) is 0 Å². The van der Waals surface area contributed by atoms with Crippen LogP contribution in [0.1, 0.15) is 0 Å². The topological polar surface area (TPSA) is 106 Å². The molecule has 0 aromatic heterocycles. The Morgan fingerprint density at radius 2 is 2.33 bits per heavy atom. The lowest BCUT2D eigenvalue weighted by molar-refractivity contribution is -0.111. The Hall–Kier alpha value is -1.30. The maximum absolute atomic E-state index is 10.0. The van der Waals surface area contributed by atoms with Crippen molar-refractivity contribution < 1.29 is 4.79 Å². The number of hydrogen-bond acceptors (Lipinski definition) is 6. The van der Waals surface area contributed by atoms with E-state index in [-0.39, 0.29) is 5.96 Å². The molecule has 1 unspecified atom stereocenters. The summed E-state index contributed by atoms with van der Waals surface area (Å²) in [5.74, 6) is -1.62. The van der Waals surface area contributed by atoms with Gasteiger partial charge < -0.3 is 5.73 Å². The predicted octanol–water partition coefficient (Wildman–Crippen LogP) is -1.42. The van der Waals surface area contributed by atoms with Crippen molar-refractivity contribution in [2.45, 2.75) is 5.79 Å². The number of hydrogen-bond donors (Lipinski definition) is 2. The second-order valence-electron chi connectivity index (χ2n) is 1.57. The lowest BCUT2D eigenvalue weighted by atomic mass is 10.5. The first-order valence-electron chi connectivity index (χ1n) is 2.20. The van der Waals surface area contributed by atoms with Crippen LogP contribution in [-0.2, 0) is 4.79 Å². The van der Waals surface area contributed by atoms with Gasteiger partial charge in [-0.1, -0.05) is 0 Å². The van der Waals surface area contributed by atoms with Gasteiger partial charge in [-0.05, 0) is 0 Å². The summed E-state index contributed by atoms with van der Waals surface area (Å²) < 4.78 is 0. The number of nitrogens with zero attached hydrogens (tertiary/aromatic N) is 3. The molecule has 0 spiro atoms. The fraction of sp³-hybridized carbons (Fsp3) is 0.333. The van der Waals surface area contributed by atoms with Gasteiger partial charge in [0.15, 0.2) is 6.29 Å². The third-order valence-electron chi connectivity index (χ3n) is 0.780. The standard InChI is InChI=1S/C3H5N5O/c4-2-6-3(5,1-9)8-7-2/h1H,5H2,(H2,4,6). The minimum atomic E-state index is -1.55. The predicted molar refractivity (Wildman–Crippen MR) is 29.5 cm³/mol. The molecule has 0 fully saturated rings. The minimum Gasteiger partial charge on any atom is -0.367 e. The third kappa shape index (κ3) is 0.918. The quantitative estimate of drug-likeness (QED) is 0.422. The van der Waals surface area contributed by atoms with Gasteiger partial charge in [-0.25, -0.2) is 0 Å². The molecule has 1 atom stereocenters. The van der Waals surface area contributed by atoms with Crippen LogP contribution in [0.2, 0.25) is 0 Å². The van der Waals surface area contributed by atoms with Crippen LogP contribution in [-0.4, -0.2) is 18.0 Å². The molecule has 0 aliphatic carbocycles. The van der Waals surface area contributed by atoms with E-state index in [1.807, 2.05) is 0 Å². The van der Waals surface area contributed by atoms with Crippen molar-refractivity contribution in [2.24, 2.45) is 26.7 Å². The summed E-state index contributed by atoms with van der Waals surface area (Å²) in [7, 11) is 0. The van der Waals surface area contributed by atoms with Gasteiger partial charge in [0.1, 0.15) is 0 Å². The van der Waals surface area contributed by atoms with E-state index in [4.69, 9.17) is 11.5 Å². The molecule has 0 saturated heterocycles. The summed E-state index contributed by atoms with van der Waals surface area (Å²) in [4.78, 5) is 13.4. The largest absolute Gasteiger partial charge is 0.367 e. The highest BCUT2D eigenvalue weighted by Gasteiger charge is 2.26. The molecule has 0 saturated carbocycles. The number of azo groups is 1. The number of aldehydes is 1. The number of guanidine groups is 1. The van der Waals surface area contributed by atoms with Gasteiger partial charge in [-0.2, -0.15) is 4.99 Å². The Balaban J connectivity index is 2.90.